The highest BCUT2D eigenvalue weighted by Crippen LogP contribution is 2.28. The molecule has 1 heterocycles. The molecule has 3 aromatic rings. The maximum atomic E-state index is 13.2. The number of carboxylic acids is 1. The molecule has 4 rings (SSSR count). The van der Waals surface area contributed by atoms with E-state index in [0.717, 1.165) is 19.3 Å². The van der Waals surface area contributed by atoms with Crippen molar-refractivity contribution >= 4 is 5.97 Å². The molecule has 0 aliphatic heterocycles. The van der Waals surface area contributed by atoms with Gasteiger partial charge >= 0.3 is 5.97 Å². The minimum atomic E-state index is -0.984. The normalized spacial score (nSPS) is 16.5. The Morgan fingerprint density at radius 2 is 2.06 bits per heavy atom. The van der Waals surface area contributed by atoms with Crippen LogP contribution in [0.1, 0.15) is 52.5 Å². The number of aromatic carboxylic acids is 1. The van der Waals surface area contributed by atoms with Crippen LogP contribution in [-0.2, 0) is 16.1 Å². The van der Waals surface area contributed by atoms with Crippen LogP contribution in [0, 0.1) is 18.7 Å². The summed E-state index contributed by atoms with van der Waals surface area (Å²) in [4.78, 5) is 16.4. The highest BCUT2D eigenvalue weighted by Gasteiger charge is 2.23. The second-order valence-corrected chi connectivity index (χ2v) is 8.48. The van der Waals surface area contributed by atoms with Crippen LogP contribution < -0.4 is 0 Å². The molecule has 0 amide bonds. The third kappa shape index (κ3) is 5.98. The summed E-state index contributed by atoms with van der Waals surface area (Å²) in [7, 11) is 0. The molecule has 1 N–H and O–H groups in total. The molecule has 0 fully saturated rings. The van der Waals surface area contributed by atoms with Crippen molar-refractivity contribution in [3.63, 3.8) is 0 Å². The SMILES string of the molecule is Cc1cccc(C(COCc2coc(-c3ccc(F)cc3)n2)OCC2CC=CCC2)c1C(=O)O. The fraction of sp³-hybridized carbons (Fsp3) is 0.333. The number of hydrogen-bond donors (Lipinski definition) is 1. The molecule has 0 bridgehead atoms. The standard InChI is InChI=1S/C27H28FNO5/c1-18-6-5-9-23(25(18)27(30)31)24(33-14-19-7-3-2-4-8-19)17-32-15-22-16-34-26(29-22)20-10-12-21(28)13-11-20/h2-3,5-6,9-13,16,19,24H,4,7-8,14-15,17H2,1H3,(H,30,31). The number of oxazole rings is 1. The monoisotopic (exact) mass is 465 g/mol. The molecule has 7 heteroatoms. The summed E-state index contributed by atoms with van der Waals surface area (Å²) in [6.45, 7) is 2.66. The average molecular weight is 466 g/mol. The molecule has 1 aliphatic rings. The van der Waals surface area contributed by atoms with E-state index in [0.29, 0.717) is 40.8 Å². The number of carboxylic acid groups (broad SMARTS) is 1. The van der Waals surface area contributed by atoms with Crippen LogP contribution in [0.3, 0.4) is 0 Å². The molecule has 178 valence electrons. The van der Waals surface area contributed by atoms with Gasteiger partial charge < -0.3 is 19.0 Å². The van der Waals surface area contributed by atoms with Crippen molar-refractivity contribution < 1.29 is 28.2 Å². The molecule has 0 spiro atoms. The quantitative estimate of drug-likeness (QED) is 0.363. The zero-order valence-corrected chi connectivity index (χ0v) is 19.1. The molecule has 2 atom stereocenters. The summed E-state index contributed by atoms with van der Waals surface area (Å²) in [5.41, 5.74) is 2.78. The Balaban J connectivity index is 1.44. The number of halogens is 1. The van der Waals surface area contributed by atoms with Crippen molar-refractivity contribution in [2.45, 2.75) is 38.9 Å². The van der Waals surface area contributed by atoms with Crippen LogP contribution in [0.5, 0.6) is 0 Å². The zero-order valence-electron chi connectivity index (χ0n) is 19.1. The van der Waals surface area contributed by atoms with Gasteiger partial charge in [0.2, 0.25) is 5.89 Å². The second-order valence-electron chi connectivity index (χ2n) is 8.48. The fourth-order valence-corrected chi connectivity index (χ4v) is 4.11. The van der Waals surface area contributed by atoms with Crippen molar-refractivity contribution in [3.05, 3.63) is 89.1 Å². The summed E-state index contributed by atoms with van der Waals surface area (Å²) in [5, 5.41) is 9.79. The molecular formula is C27H28FNO5. The van der Waals surface area contributed by atoms with Gasteiger partial charge in [-0.1, -0.05) is 30.4 Å². The molecule has 0 saturated heterocycles. The van der Waals surface area contributed by atoms with Crippen molar-refractivity contribution in [1.82, 2.24) is 4.98 Å². The van der Waals surface area contributed by atoms with Gasteiger partial charge in [-0.3, -0.25) is 0 Å². The van der Waals surface area contributed by atoms with E-state index in [1.165, 1.54) is 18.4 Å². The Labute approximate surface area is 198 Å². The van der Waals surface area contributed by atoms with Gasteiger partial charge in [0.25, 0.3) is 0 Å². The molecular weight excluding hydrogens is 437 g/mol. The number of benzene rings is 2. The number of ether oxygens (including phenoxy) is 2. The minimum absolute atomic E-state index is 0.172. The van der Waals surface area contributed by atoms with Crippen molar-refractivity contribution in [2.75, 3.05) is 13.2 Å². The van der Waals surface area contributed by atoms with Gasteiger partial charge in [0.05, 0.1) is 25.4 Å². The van der Waals surface area contributed by atoms with E-state index in [1.54, 1.807) is 31.2 Å². The Hall–Kier alpha value is -3.29. The Morgan fingerprint density at radius 3 is 2.79 bits per heavy atom. The Bertz CT molecular complexity index is 1140. The first kappa shape index (κ1) is 23.9. The molecule has 34 heavy (non-hydrogen) atoms. The lowest BCUT2D eigenvalue weighted by molar-refractivity contribution is -0.0374. The van der Waals surface area contributed by atoms with Crippen molar-refractivity contribution in [1.29, 1.82) is 0 Å². The number of nitrogens with zero attached hydrogens (tertiary/aromatic N) is 1. The van der Waals surface area contributed by atoms with E-state index >= 15 is 0 Å². The van der Waals surface area contributed by atoms with Crippen LogP contribution in [0.4, 0.5) is 4.39 Å². The third-order valence-corrected chi connectivity index (χ3v) is 5.94. The Kier molecular flexibility index (Phi) is 7.87. The van der Waals surface area contributed by atoms with Crippen LogP contribution in [0.15, 0.2) is 65.3 Å². The van der Waals surface area contributed by atoms with Gasteiger partial charge in [-0.15, -0.1) is 0 Å². The molecule has 1 aliphatic carbocycles. The maximum Gasteiger partial charge on any atom is 0.336 e. The number of allylic oxidation sites excluding steroid dienone is 2. The molecule has 2 unspecified atom stereocenters. The Morgan fingerprint density at radius 1 is 1.24 bits per heavy atom. The second kappa shape index (κ2) is 11.2. The van der Waals surface area contributed by atoms with Gasteiger partial charge in [0.1, 0.15) is 23.9 Å². The van der Waals surface area contributed by atoms with Crippen LogP contribution in [0.2, 0.25) is 0 Å². The average Bonchev–Trinajstić information content (AvgIpc) is 3.31. The van der Waals surface area contributed by atoms with E-state index in [9.17, 15) is 14.3 Å². The summed E-state index contributed by atoms with van der Waals surface area (Å²) in [6.07, 6.45) is 8.36. The van der Waals surface area contributed by atoms with Gasteiger partial charge in [-0.25, -0.2) is 14.2 Å². The van der Waals surface area contributed by atoms with Crippen molar-refractivity contribution in [3.8, 4) is 11.5 Å². The van der Waals surface area contributed by atoms with Crippen molar-refractivity contribution in [2.24, 2.45) is 5.92 Å². The fourth-order valence-electron chi connectivity index (χ4n) is 4.11. The summed E-state index contributed by atoms with van der Waals surface area (Å²) < 4.78 is 30.8. The largest absolute Gasteiger partial charge is 0.478 e. The van der Waals surface area contributed by atoms with Gasteiger partial charge in [-0.2, -0.15) is 0 Å². The summed E-state index contributed by atoms with van der Waals surface area (Å²) >= 11 is 0. The first-order chi connectivity index (χ1) is 16.5. The van der Waals surface area contributed by atoms with Gasteiger partial charge in [-0.05, 0) is 67.5 Å². The molecule has 1 aromatic heterocycles. The molecule has 0 saturated carbocycles. The topological polar surface area (TPSA) is 81.8 Å². The van der Waals surface area contributed by atoms with Gasteiger partial charge in [0, 0.05) is 5.56 Å². The van der Waals surface area contributed by atoms with E-state index in [2.05, 4.69) is 17.1 Å². The van der Waals surface area contributed by atoms with Crippen LogP contribution in [-0.4, -0.2) is 29.3 Å². The third-order valence-electron chi connectivity index (χ3n) is 5.94. The smallest absolute Gasteiger partial charge is 0.336 e. The zero-order chi connectivity index (χ0) is 23.9. The first-order valence-electron chi connectivity index (χ1n) is 11.4. The summed E-state index contributed by atoms with van der Waals surface area (Å²) in [6, 6.07) is 11.3. The highest BCUT2D eigenvalue weighted by atomic mass is 19.1. The lowest BCUT2D eigenvalue weighted by Gasteiger charge is -2.24. The summed E-state index contributed by atoms with van der Waals surface area (Å²) in [5.74, 6) is -0.531. The first-order valence-corrected chi connectivity index (χ1v) is 11.4. The van der Waals surface area contributed by atoms with Crippen LogP contribution in [0.25, 0.3) is 11.5 Å². The number of rotatable bonds is 10. The highest BCUT2D eigenvalue weighted by molar-refractivity contribution is 5.91. The van der Waals surface area contributed by atoms with Gasteiger partial charge in [0.15, 0.2) is 0 Å². The lowest BCUT2D eigenvalue weighted by atomic mass is 9.95. The predicted octanol–water partition coefficient (Wildman–Crippen LogP) is 6.12. The number of aryl methyl sites for hydroxylation is 1. The number of hydrogen-bond acceptors (Lipinski definition) is 5. The van der Waals surface area contributed by atoms with E-state index in [-0.39, 0.29) is 24.6 Å². The number of aromatic nitrogens is 1. The molecule has 2 aromatic carbocycles. The minimum Gasteiger partial charge on any atom is -0.478 e. The van der Waals surface area contributed by atoms with E-state index in [1.807, 2.05) is 6.07 Å². The molecule has 0 radical (unpaired) electrons. The predicted molar refractivity (Wildman–Crippen MR) is 125 cm³/mol. The van der Waals surface area contributed by atoms with E-state index < -0.39 is 12.1 Å². The maximum absolute atomic E-state index is 13.2. The number of carbonyl (C=O) groups is 1. The van der Waals surface area contributed by atoms with E-state index in [4.69, 9.17) is 13.9 Å². The molecule has 6 nitrogen and oxygen atoms in total. The lowest BCUT2D eigenvalue weighted by Crippen LogP contribution is -2.20. The van der Waals surface area contributed by atoms with Crippen LogP contribution >= 0.6 is 0 Å².